The van der Waals surface area contributed by atoms with Crippen LogP contribution in [0.5, 0.6) is 0 Å². The van der Waals surface area contributed by atoms with Gasteiger partial charge in [-0.1, -0.05) is 48.5 Å². The van der Waals surface area contributed by atoms with Crippen LogP contribution >= 0.6 is 0 Å². The smallest absolute Gasteiger partial charge is 0.194 e. The van der Waals surface area contributed by atoms with E-state index in [1.54, 1.807) is 24.3 Å². The van der Waals surface area contributed by atoms with Gasteiger partial charge in [0.25, 0.3) is 0 Å². The van der Waals surface area contributed by atoms with E-state index in [1.807, 2.05) is 12.1 Å². The largest absolute Gasteiger partial charge is 0.357 e. The lowest BCUT2D eigenvalue weighted by molar-refractivity contribution is 0.172. The first-order chi connectivity index (χ1) is 14.6. The van der Waals surface area contributed by atoms with Crippen LogP contribution in [0, 0.1) is 0 Å². The minimum Gasteiger partial charge on any atom is -0.357 e. The van der Waals surface area contributed by atoms with E-state index in [1.165, 1.54) is 5.56 Å². The van der Waals surface area contributed by atoms with Crippen LogP contribution < -0.4 is 5.32 Å². The Labute approximate surface area is 180 Å². The molecule has 0 unspecified atom stereocenters. The summed E-state index contributed by atoms with van der Waals surface area (Å²) in [6, 6.07) is 19.2. The molecule has 0 amide bonds. The molecule has 2 aromatic carbocycles. The molecule has 1 saturated heterocycles. The Balaban J connectivity index is 1.49. The van der Waals surface area contributed by atoms with Crippen molar-refractivity contribution in [3.8, 4) is 0 Å². The van der Waals surface area contributed by atoms with E-state index in [0.29, 0.717) is 17.9 Å². The van der Waals surface area contributed by atoms with Crippen LogP contribution in [0.25, 0.3) is 0 Å². The van der Waals surface area contributed by atoms with Crippen molar-refractivity contribution < 1.29 is 8.42 Å². The summed E-state index contributed by atoms with van der Waals surface area (Å²) < 4.78 is 24.8. The number of hydrogen-bond acceptors (Lipinski definition) is 4. The Morgan fingerprint density at radius 1 is 0.967 bits per heavy atom. The summed E-state index contributed by atoms with van der Waals surface area (Å²) >= 11 is 0. The summed E-state index contributed by atoms with van der Waals surface area (Å²) in [5.41, 5.74) is 1.34. The molecule has 0 saturated carbocycles. The summed E-state index contributed by atoms with van der Waals surface area (Å²) in [7, 11) is -3.24. The standard InChI is InChI=1S/C23H32N4O2S/c1-2-24-23(25-14-9-19-30(28,29)22-12-7-4-8-13-22)27-17-15-26(16-18-27)20-21-10-5-3-6-11-21/h3-8,10-13H,2,9,14-20H2,1H3,(H,24,25). The topological polar surface area (TPSA) is 65.0 Å². The van der Waals surface area contributed by atoms with Crippen molar-refractivity contribution in [2.24, 2.45) is 4.99 Å². The highest BCUT2D eigenvalue weighted by atomic mass is 32.2. The molecule has 1 aliphatic rings. The van der Waals surface area contributed by atoms with Crippen LogP contribution in [0.4, 0.5) is 0 Å². The molecule has 1 fully saturated rings. The minimum atomic E-state index is -3.24. The van der Waals surface area contributed by atoms with E-state index in [0.717, 1.165) is 45.2 Å². The van der Waals surface area contributed by atoms with Gasteiger partial charge in [-0.15, -0.1) is 0 Å². The van der Waals surface area contributed by atoms with Gasteiger partial charge in [0.15, 0.2) is 15.8 Å². The van der Waals surface area contributed by atoms with Crippen molar-refractivity contribution in [1.82, 2.24) is 15.1 Å². The number of guanidine groups is 1. The van der Waals surface area contributed by atoms with Gasteiger partial charge in [-0.2, -0.15) is 0 Å². The van der Waals surface area contributed by atoms with E-state index in [4.69, 9.17) is 4.99 Å². The second-order valence-corrected chi connectivity index (χ2v) is 9.58. The highest BCUT2D eigenvalue weighted by Gasteiger charge is 2.20. The molecule has 0 spiro atoms. The first kappa shape index (κ1) is 22.3. The second-order valence-electron chi connectivity index (χ2n) is 7.47. The molecule has 162 valence electrons. The molecular formula is C23H32N4O2S. The summed E-state index contributed by atoms with van der Waals surface area (Å²) in [5, 5.41) is 3.35. The fourth-order valence-corrected chi connectivity index (χ4v) is 4.89. The minimum absolute atomic E-state index is 0.116. The third-order valence-corrected chi connectivity index (χ3v) is 7.01. The predicted octanol–water partition coefficient (Wildman–Crippen LogP) is 2.63. The van der Waals surface area contributed by atoms with Crippen molar-refractivity contribution in [2.75, 3.05) is 45.0 Å². The number of nitrogens with zero attached hydrogens (tertiary/aromatic N) is 3. The highest BCUT2D eigenvalue weighted by Crippen LogP contribution is 2.12. The first-order valence-corrected chi connectivity index (χ1v) is 12.3. The number of nitrogens with one attached hydrogen (secondary N) is 1. The molecule has 1 heterocycles. The lowest BCUT2D eigenvalue weighted by Crippen LogP contribution is -2.52. The van der Waals surface area contributed by atoms with Crippen molar-refractivity contribution in [3.05, 3.63) is 66.2 Å². The van der Waals surface area contributed by atoms with E-state index in [-0.39, 0.29) is 5.75 Å². The van der Waals surface area contributed by atoms with Gasteiger partial charge in [-0.05, 0) is 31.0 Å². The zero-order valence-corrected chi connectivity index (χ0v) is 18.5. The SMILES string of the molecule is CCNC(=NCCCS(=O)(=O)c1ccccc1)N1CCN(Cc2ccccc2)CC1. The molecule has 0 atom stereocenters. The molecule has 0 radical (unpaired) electrons. The van der Waals surface area contributed by atoms with Crippen LogP contribution in [-0.2, 0) is 16.4 Å². The van der Waals surface area contributed by atoms with Crippen molar-refractivity contribution in [1.29, 1.82) is 0 Å². The maximum absolute atomic E-state index is 12.4. The number of piperazine rings is 1. The number of benzene rings is 2. The summed E-state index contributed by atoms with van der Waals surface area (Å²) in [6.45, 7) is 8.14. The van der Waals surface area contributed by atoms with Gasteiger partial charge in [0, 0.05) is 45.8 Å². The lowest BCUT2D eigenvalue weighted by atomic mass is 10.2. The molecule has 1 N–H and O–H groups in total. The molecule has 1 aliphatic heterocycles. The van der Waals surface area contributed by atoms with Gasteiger partial charge in [-0.25, -0.2) is 8.42 Å². The van der Waals surface area contributed by atoms with Crippen molar-refractivity contribution in [3.63, 3.8) is 0 Å². The van der Waals surface area contributed by atoms with Crippen molar-refractivity contribution >= 4 is 15.8 Å². The molecule has 0 aliphatic carbocycles. The maximum atomic E-state index is 12.4. The lowest BCUT2D eigenvalue weighted by Gasteiger charge is -2.36. The summed E-state index contributed by atoms with van der Waals surface area (Å²) in [5.74, 6) is 0.999. The molecule has 3 rings (SSSR count). The number of aliphatic imine (C=N–C) groups is 1. The van der Waals surface area contributed by atoms with E-state index in [2.05, 4.69) is 46.3 Å². The molecule has 0 bridgehead atoms. The average molecular weight is 429 g/mol. The van der Waals surface area contributed by atoms with E-state index in [9.17, 15) is 8.42 Å². The van der Waals surface area contributed by atoms with Crippen molar-refractivity contribution in [2.45, 2.75) is 24.8 Å². The number of hydrogen-bond donors (Lipinski definition) is 1. The maximum Gasteiger partial charge on any atom is 0.194 e. The summed E-state index contributed by atoms with van der Waals surface area (Å²) in [4.78, 5) is 9.81. The third kappa shape index (κ3) is 6.57. The average Bonchev–Trinajstić information content (AvgIpc) is 2.78. The quantitative estimate of drug-likeness (QED) is 0.398. The molecular weight excluding hydrogens is 396 g/mol. The fraction of sp³-hybridized carbons (Fsp3) is 0.435. The van der Waals surface area contributed by atoms with Gasteiger partial charge in [-0.3, -0.25) is 9.89 Å². The fourth-order valence-electron chi connectivity index (χ4n) is 3.57. The Hall–Kier alpha value is -2.38. The zero-order valence-electron chi connectivity index (χ0n) is 17.7. The van der Waals surface area contributed by atoms with Crippen LogP contribution in [-0.4, -0.2) is 69.2 Å². The van der Waals surface area contributed by atoms with Gasteiger partial charge in [0.1, 0.15) is 0 Å². The molecule has 0 aromatic heterocycles. The molecule has 2 aromatic rings. The first-order valence-electron chi connectivity index (χ1n) is 10.7. The molecule has 6 nitrogen and oxygen atoms in total. The van der Waals surface area contributed by atoms with E-state index < -0.39 is 9.84 Å². The van der Waals surface area contributed by atoms with Crippen LogP contribution in [0.1, 0.15) is 18.9 Å². The molecule has 30 heavy (non-hydrogen) atoms. The third-order valence-electron chi connectivity index (χ3n) is 5.19. The Morgan fingerprint density at radius 3 is 2.23 bits per heavy atom. The Kier molecular flexibility index (Phi) is 8.28. The van der Waals surface area contributed by atoms with Gasteiger partial charge < -0.3 is 10.2 Å². The number of sulfone groups is 1. The van der Waals surface area contributed by atoms with Crippen LogP contribution in [0.2, 0.25) is 0 Å². The molecule has 7 heteroatoms. The summed E-state index contributed by atoms with van der Waals surface area (Å²) in [6.07, 6.45) is 0.514. The van der Waals surface area contributed by atoms with Crippen LogP contribution in [0.3, 0.4) is 0 Å². The highest BCUT2D eigenvalue weighted by molar-refractivity contribution is 7.91. The second kappa shape index (κ2) is 11.1. The Morgan fingerprint density at radius 2 is 1.60 bits per heavy atom. The van der Waals surface area contributed by atoms with E-state index >= 15 is 0 Å². The zero-order chi connectivity index (χ0) is 21.2. The van der Waals surface area contributed by atoms with Gasteiger partial charge >= 0.3 is 0 Å². The van der Waals surface area contributed by atoms with Gasteiger partial charge in [0.05, 0.1) is 10.6 Å². The van der Waals surface area contributed by atoms with Crippen LogP contribution in [0.15, 0.2) is 70.6 Å². The predicted molar refractivity (Wildman–Crippen MR) is 122 cm³/mol. The number of rotatable bonds is 8. The Bertz CT molecular complexity index is 893. The normalized spacial score (nSPS) is 15.9. The van der Waals surface area contributed by atoms with Gasteiger partial charge in [0.2, 0.25) is 0 Å². The monoisotopic (exact) mass is 428 g/mol.